The van der Waals surface area contributed by atoms with Crippen molar-refractivity contribution in [1.29, 1.82) is 0 Å². The van der Waals surface area contributed by atoms with Crippen molar-refractivity contribution >= 4 is 11.6 Å². The van der Waals surface area contributed by atoms with Crippen molar-refractivity contribution in [1.82, 2.24) is 0 Å². The Kier molecular flexibility index (Phi) is 6.90. The van der Waals surface area contributed by atoms with Gasteiger partial charge in [0.1, 0.15) is 12.4 Å². The second-order valence-electron chi connectivity index (χ2n) is 5.94. The fraction of sp³-hybridized carbons (Fsp3) is 0.350. The molecule has 0 radical (unpaired) electrons. The number of carbonyl (C=O) groups is 1. The Labute approximate surface area is 159 Å². The number of anilines is 1. The Morgan fingerprint density at radius 3 is 1.93 bits per heavy atom. The average molecular weight is 374 g/mol. The van der Waals surface area contributed by atoms with Crippen LogP contribution in [0, 0.1) is 13.8 Å². The second-order valence-corrected chi connectivity index (χ2v) is 5.94. The first-order chi connectivity index (χ1) is 12.9. The maximum Gasteiger partial charge on any atom is 0.255 e. The van der Waals surface area contributed by atoms with Gasteiger partial charge in [-0.3, -0.25) is 4.79 Å². The molecule has 1 amide bonds. The summed E-state index contributed by atoms with van der Waals surface area (Å²) in [6.45, 7) is 4.66. The molecule has 0 saturated carbocycles. The van der Waals surface area contributed by atoms with Crippen LogP contribution in [-0.2, 0) is 0 Å². The number of nitrogens with two attached hydrogens (primary N) is 1. The minimum absolute atomic E-state index is 0.249. The van der Waals surface area contributed by atoms with Crippen molar-refractivity contribution in [2.75, 3.05) is 39.8 Å². The number of benzene rings is 2. The fourth-order valence-electron chi connectivity index (χ4n) is 2.83. The maximum absolute atomic E-state index is 12.7. The van der Waals surface area contributed by atoms with Crippen LogP contribution < -0.4 is 30.0 Å². The molecular weight excluding hydrogens is 348 g/mol. The molecule has 0 fully saturated rings. The van der Waals surface area contributed by atoms with Gasteiger partial charge in [-0.05, 0) is 37.1 Å². The van der Waals surface area contributed by atoms with Gasteiger partial charge in [-0.15, -0.1) is 0 Å². The lowest BCUT2D eigenvalue weighted by atomic mass is 10.0. The van der Waals surface area contributed by atoms with E-state index in [9.17, 15) is 4.79 Å². The monoisotopic (exact) mass is 374 g/mol. The molecule has 0 aliphatic carbocycles. The van der Waals surface area contributed by atoms with Gasteiger partial charge in [-0.2, -0.15) is 0 Å². The number of hydrogen-bond donors (Lipinski definition) is 2. The first-order valence-electron chi connectivity index (χ1n) is 8.50. The summed E-state index contributed by atoms with van der Waals surface area (Å²) in [6.07, 6.45) is 0. The molecule has 0 aliphatic heterocycles. The number of hydrogen-bond acceptors (Lipinski definition) is 6. The highest BCUT2D eigenvalue weighted by atomic mass is 16.5. The Balaban J connectivity index is 2.29. The van der Waals surface area contributed by atoms with Gasteiger partial charge < -0.3 is 30.0 Å². The predicted octanol–water partition coefficient (Wildman–Crippen LogP) is 2.92. The third-order valence-electron chi connectivity index (χ3n) is 4.01. The zero-order chi connectivity index (χ0) is 20.0. The molecule has 0 aliphatic rings. The van der Waals surface area contributed by atoms with Crippen LogP contribution in [0.15, 0.2) is 24.3 Å². The molecule has 0 bridgehead atoms. The van der Waals surface area contributed by atoms with Crippen molar-refractivity contribution < 1.29 is 23.7 Å². The van der Waals surface area contributed by atoms with E-state index in [0.717, 1.165) is 16.9 Å². The molecule has 27 heavy (non-hydrogen) atoms. The molecule has 0 saturated heterocycles. The van der Waals surface area contributed by atoms with E-state index in [2.05, 4.69) is 5.32 Å². The number of rotatable bonds is 8. The lowest BCUT2D eigenvalue weighted by molar-refractivity contribution is 0.102. The SMILES string of the molecule is COc1cc(NC(=O)c2cc(C)c(OCCN)c(C)c2)cc(OC)c1OC. The Morgan fingerprint density at radius 1 is 0.926 bits per heavy atom. The van der Waals surface area contributed by atoms with Gasteiger partial charge in [0.15, 0.2) is 11.5 Å². The smallest absolute Gasteiger partial charge is 0.255 e. The van der Waals surface area contributed by atoms with Gasteiger partial charge in [-0.25, -0.2) is 0 Å². The van der Waals surface area contributed by atoms with E-state index in [1.165, 1.54) is 21.3 Å². The molecule has 0 atom stereocenters. The van der Waals surface area contributed by atoms with E-state index in [4.69, 9.17) is 24.7 Å². The average Bonchev–Trinajstić information content (AvgIpc) is 2.66. The minimum atomic E-state index is -0.249. The third-order valence-corrected chi connectivity index (χ3v) is 4.01. The molecule has 146 valence electrons. The van der Waals surface area contributed by atoms with E-state index in [-0.39, 0.29) is 5.91 Å². The van der Waals surface area contributed by atoms with Crippen LogP contribution in [0.4, 0.5) is 5.69 Å². The summed E-state index contributed by atoms with van der Waals surface area (Å²) in [5.74, 6) is 1.90. The molecule has 0 heterocycles. The highest BCUT2D eigenvalue weighted by Gasteiger charge is 2.16. The topological polar surface area (TPSA) is 92.0 Å². The van der Waals surface area contributed by atoms with Crippen molar-refractivity contribution in [3.05, 3.63) is 41.0 Å². The Bertz CT molecular complexity index is 772. The van der Waals surface area contributed by atoms with Gasteiger partial charge in [0.05, 0.1) is 21.3 Å². The van der Waals surface area contributed by atoms with Crippen LogP contribution >= 0.6 is 0 Å². The Hall–Kier alpha value is -2.93. The summed E-state index contributed by atoms with van der Waals surface area (Å²) in [5.41, 5.74) is 8.30. The van der Waals surface area contributed by atoms with Crippen LogP contribution in [-0.4, -0.2) is 40.4 Å². The summed E-state index contributed by atoms with van der Waals surface area (Å²) in [4.78, 5) is 12.7. The molecule has 2 rings (SSSR count). The standard InChI is InChI=1S/C20H26N2O5/c1-12-8-14(9-13(2)18(12)27-7-6-21)20(23)22-15-10-16(24-3)19(26-5)17(11-15)25-4/h8-11H,6-7,21H2,1-5H3,(H,22,23). The molecule has 3 N–H and O–H groups in total. The number of methoxy groups -OCH3 is 3. The lowest BCUT2D eigenvalue weighted by Gasteiger charge is -2.16. The molecule has 2 aromatic rings. The summed E-state index contributed by atoms with van der Waals surface area (Å²) < 4.78 is 21.6. The molecular formula is C20H26N2O5. The molecule has 0 aromatic heterocycles. The quantitative estimate of drug-likeness (QED) is 0.738. The van der Waals surface area contributed by atoms with Gasteiger partial charge >= 0.3 is 0 Å². The first-order valence-corrected chi connectivity index (χ1v) is 8.50. The highest BCUT2D eigenvalue weighted by molar-refractivity contribution is 6.05. The van der Waals surface area contributed by atoms with Crippen molar-refractivity contribution in [2.45, 2.75) is 13.8 Å². The van der Waals surface area contributed by atoms with Crippen LogP contribution in [0.2, 0.25) is 0 Å². The molecule has 0 unspecified atom stereocenters. The van der Waals surface area contributed by atoms with Crippen molar-refractivity contribution in [3.8, 4) is 23.0 Å². The predicted molar refractivity (Wildman–Crippen MR) is 105 cm³/mol. The normalized spacial score (nSPS) is 10.3. The van der Waals surface area contributed by atoms with E-state index in [0.29, 0.717) is 41.7 Å². The zero-order valence-corrected chi connectivity index (χ0v) is 16.3. The fourth-order valence-corrected chi connectivity index (χ4v) is 2.83. The van der Waals surface area contributed by atoms with E-state index >= 15 is 0 Å². The number of ether oxygens (including phenoxy) is 4. The molecule has 7 heteroatoms. The number of nitrogens with one attached hydrogen (secondary N) is 1. The second kappa shape index (κ2) is 9.14. The van der Waals surface area contributed by atoms with Crippen molar-refractivity contribution in [3.63, 3.8) is 0 Å². The van der Waals surface area contributed by atoms with Gasteiger partial charge in [0.25, 0.3) is 5.91 Å². The van der Waals surface area contributed by atoms with Crippen LogP contribution in [0.1, 0.15) is 21.5 Å². The van der Waals surface area contributed by atoms with Crippen LogP contribution in [0.25, 0.3) is 0 Å². The number of amides is 1. The van der Waals surface area contributed by atoms with Crippen molar-refractivity contribution in [2.24, 2.45) is 5.73 Å². The lowest BCUT2D eigenvalue weighted by Crippen LogP contribution is -2.15. The number of aryl methyl sites for hydroxylation is 2. The molecule has 7 nitrogen and oxygen atoms in total. The van der Waals surface area contributed by atoms with Crippen LogP contribution in [0.3, 0.4) is 0 Å². The minimum Gasteiger partial charge on any atom is -0.493 e. The highest BCUT2D eigenvalue weighted by Crippen LogP contribution is 2.40. The summed E-state index contributed by atoms with van der Waals surface area (Å²) >= 11 is 0. The largest absolute Gasteiger partial charge is 0.493 e. The number of carbonyl (C=O) groups excluding carboxylic acids is 1. The van der Waals surface area contributed by atoms with Gasteiger partial charge in [0.2, 0.25) is 5.75 Å². The van der Waals surface area contributed by atoms with Gasteiger partial charge in [0, 0.05) is 29.9 Å². The Morgan fingerprint density at radius 2 is 1.48 bits per heavy atom. The summed E-state index contributed by atoms with van der Waals surface area (Å²) in [7, 11) is 4.57. The summed E-state index contributed by atoms with van der Waals surface area (Å²) in [6, 6.07) is 6.92. The van der Waals surface area contributed by atoms with E-state index in [1.54, 1.807) is 24.3 Å². The molecule has 0 spiro atoms. The van der Waals surface area contributed by atoms with E-state index in [1.807, 2.05) is 13.8 Å². The van der Waals surface area contributed by atoms with Gasteiger partial charge in [-0.1, -0.05) is 0 Å². The third kappa shape index (κ3) is 4.62. The van der Waals surface area contributed by atoms with E-state index < -0.39 is 0 Å². The maximum atomic E-state index is 12.7. The summed E-state index contributed by atoms with van der Waals surface area (Å²) in [5, 5.41) is 2.86. The zero-order valence-electron chi connectivity index (χ0n) is 16.3. The molecule has 2 aromatic carbocycles. The van der Waals surface area contributed by atoms with Crippen LogP contribution in [0.5, 0.6) is 23.0 Å². The first kappa shape index (κ1) is 20.4.